The van der Waals surface area contributed by atoms with Crippen LogP contribution < -0.4 is 0 Å². The average Bonchev–Trinajstić information content (AvgIpc) is 2.39. The maximum Gasteiger partial charge on any atom is 0.416 e. The van der Waals surface area contributed by atoms with E-state index in [1.54, 1.807) is 0 Å². The summed E-state index contributed by atoms with van der Waals surface area (Å²) in [5.74, 6) is 0. The molecule has 0 aromatic carbocycles. The predicted octanol–water partition coefficient (Wildman–Crippen LogP) is 7.64. The average molecular weight is 726 g/mol. The molecule has 19 heteroatoms. The summed E-state index contributed by atoms with van der Waals surface area (Å²) in [6, 6.07) is 0. The van der Waals surface area contributed by atoms with Crippen LogP contribution in [0.2, 0.25) is 0 Å². The maximum atomic E-state index is 14.2. The Balaban J connectivity index is 5.84. The van der Waals surface area contributed by atoms with Crippen LogP contribution in [0.5, 0.6) is 0 Å². The summed E-state index contributed by atoms with van der Waals surface area (Å²) in [6.07, 6.45) is -25.7. The molecule has 2 unspecified atom stereocenters. The van der Waals surface area contributed by atoms with Crippen molar-refractivity contribution in [3.05, 3.63) is 0 Å². The van der Waals surface area contributed by atoms with Gasteiger partial charge in [-0.2, -0.15) is 52.7 Å². The van der Waals surface area contributed by atoms with Crippen LogP contribution in [0.15, 0.2) is 0 Å². The molecular weight excluding hydrogens is 722 g/mol. The zero-order valence-corrected chi connectivity index (χ0v) is 19.0. The second kappa shape index (κ2) is 8.35. The molecule has 0 amide bonds. The van der Waals surface area contributed by atoms with E-state index in [4.69, 9.17) is 0 Å². The zero-order chi connectivity index (χ0) is 24.1. The van der Waals surface area contributed by atoms with E-state index in [0.717, 1.165) is 31.9 Å². The molecule has 0 heterocycles. The van der Waals surface area contributed by atoms with Crippen LogP contribution in [0.25, 0.3) is 0 Å². The third-order valence-corrected chi connectivity index (χ3v) is 8.90. The number of hydrogen-bond donors (Lipinski definition) is 0. The Morgan fingerprint density at radius 1 is 0.414 bits per heavy atom. The number of alkyl halides is 18. The van der Waals surface area contributed by atoms with Gasteiger partial charge in [0, 0.05) is 0 Å². The normalized spacial score (nSPS) is 19.7. The molecule has 0 spiro atoms. The van der Waals surface area contributed by atoms with Crippen LogP contribution in [0.4, 0.5) is 61.5 Å². The highest BCUT2D eigenvalue weighted by molar-refractivity contribution is 9.13. The fraction of sp³-hybridized carbons (Fsp3) is 1.00. The van der Waals surface area contributed by atoms with E-state index in [1.807, 2.05) is 0 Å². The first-order chi connectivity index (χ1) is 12.2. The second-order valence-electron chi connectivity index (χ2n) is 5.21. The molecule has 0 bridgehead atoms. The Bertz CT molecular complexity index is 497. The zero-order valence-electron chi connectivity index (χ0n) is 12.6. The van der Waals surface area contributed by atoms with Gasteiger partial charge < -0.3 is 4.74 Å². The predicted molar refractivity (Wildman–Crippen MR) is 83.9 cm³/mol. The van der Waals surface area contributed by atoms with Crippen molar-refractivity contribution in [3.8, 4) is 0 Å². The standard InChI is InChI=1S/C10H4Br4F14O/c11-3(15,5(13,7(17,18)19)8(20,21)22)1-29-2-4(12,16)6(14,9(23,24)25)10(26,27)28/h1-2H2. The van der Waals surface area contributed by atoms with Gasteiger partial charge in [-0.05, 0) is 31.9 Å². The molecule has 1 nitrogen and oxygen atoms in total. The van der Waals surface area contributed by atoms with Crippen LogP contribution in [0.1, 0.15) is 0 Å². The molecule has 0 saturated carbocycles. The monoisotopic (exact) mass is 722 g/mol. The van der Waals surface area contributed by atoms with Gasteiger partial charge in [-0.3, -0.25) is 0 Å². The molecule has 0 N–H and O–H groups in total. The molecule has 29 heavy (non-hydrogen) atoms. The Kier molecular flexibility index (Phi) is 8.61. The molecule has 0 aromatic rings. The van der Waals surface area contributed by atoms with Gasteiger partial charge in [-0.1, -0.05) is 31.9 Å². The Hall–Kier alpha value is 0.900. The van der Waals surface area contributed by atoms with E-state index in [2.05, 4.69) is 4.74 Å². The first-order valence-electron chi connectivity index (χ1n) is 6.19. The van der Waals surface area contributed by atoms with E-state index >= 15 is 0 Å². The number of hydrogen-bond acceptors (Lipinski definition) is 1. The van der Waals surface area contributed by atoms with Crippen molar-refractivity contribution in [2.24, 2.45) is 0 Å². The summed E-state index contributed by atoms with van der Waals surface area (Å²) in [7, 11) is 0. The van der Waals surface area contributed by atoms with Crippen LogP contribution in [0.3, 0.4) is 0 Å². The van der Waals surface area contributed by atoms with E-state index in [1.165, 1.54) is 31.9 Å². The number of ether oxygens (including phenoxy) is 1. The van der Waals surface area contributed by atoms with Gasteiger partial charge in [0.15, 0.2) is 0 Å². The highest BCUT2D eigenvalue weighted by atomic mass is 79.9. The smallest absolute Gasteiger partial charge is 0.373 e. The van der Waals surface area contributed by atoms with Crippen molar-refractivity contribution in [3.63, 3.8) is 0 Å². The van der Waals surface area contributed by atoms with E-state index in [-0.39, 0.29) is 0 Å². The van der Waals surface area contributed by atoms with Crippen LogP contribution in [-0.2, 0) is 4.74 Å². The minimum atomic E-state index is -6.43. The lowest BCUT2D eigenvalue weighted by atomic mass is 10.0. The molecule has 0 aliphatic heterocycles. The van der Waals surface area contributed by atoms with Crippen molar-refractivity contribution in [1.82, 2.24) is 0 Å². The lowest BCUT2D eigenvalue weighted by Gasteiger charge is -2.41. The highest BCUT2D eigenvalue weighted by Crippen LogP contribution is 2.61. The summed E-state index contributed by atoms with van der Waals surface area (Å²) >= 11 is 5.01. The molecule has 0 aliphatic carbocycles. The molecule has 0 saturated heterocycles. The van der Waals surface area contributed by atoms with Crippen LogP contribution in [-0.4, -0.2) is 55.7 Å². The molecule has 176 valence electrons. The molecule has 0 fully saturated rings. The van der Waals surface area contributed by atoms with Gasteiger partial charge in [-0.25, -0.2) is 8.78 Å². The fourth-order valence-corrected chi connectivity index (χ4v) is 3.11. The van der Waals surface area contributed by atoms with Gasteiger partial charge in [0.2, 0.25) is 9.16 Å². The highest BCUT2D eigenvalue weighted by Gasteiger charge is 2.81. The molecule has 0 rings (SSSR count). The van der Waals surface area contributed by atoms with Crippen LogP contribution >= 0.6 is 63.7 Å². The lowest BCUT2D eigenvalue weighted by molar-refractivity contribution is -0.287. The van der Waals surface area contributed by atoms with Crippen molar-refractivity contribution in [2.45, 2.75) is 42.5 Å². The summed E-state index contributed by atoms with van der Waals surface area (Å²) < 4.78 is 165. The maximum absolute atomic E-state index is 14.2. The Labute approximate surface area is 185 Å². The van der Waals surface area contributed by atoms with Gasteiger partial charge in [-0.15, -0.1) is 0 Å². The van der Waals surface area contributed by atoms with Crippen molar-refractivity contribution in [1.29, 1.82) is 0 Å². The SMILES string of the molecule is FC(F)(F)C(Br)(C(F)(F)F)C(F)(Br)COCC(F)(Br)C(Br)(C(F)(F)F)C(F)(F)F. The first kappa shape index (κ1) is 29.9. The topological polar surface area (TPSA) is 9.23 Å². The summed E-state index contributed by atoms with van der Waals surface area (Å²) in [6.45, 7) is -4.96. The van der Waals surface area contributed by atoms with Gasteiger partial charge in [0.25, 0.3) is 8.65 Å². The molecule has 0 aliphatic rings. The summed E-state index contributed by atoms with van der Waals surface area (Å²) in [5, 5.41) is 0. The lowest BCUT2D eigenvalue weighted by Crippen LogP contribution is -2.65. The van der Waals surface area contributed by atoms with Crippen LogP contribution in [0, 0.1) is 0 Å². The molecule has 0 radical (unpaired) electrons. The van der Waals surface area contributed by atoms with Gasteiger partial charge in [0.05, 0.1) is 13.2 Å². The second-order valence-corrected chi connectivity index (χ2v) is 10.1. The summed E-state index contributed by atoms with van der Waals surface area (Å²) in [5.41, 5.74) is 0. The number of halogens is 18. The minimum absolute atomic E-state index is 1.11. The van der Waals surface area contributed by atoms with E-state index in [0.29, 0.717) is 0 Å². The Morgan fingerprint density at radius 2 is 0.586 bits per heavy atom. The molecule has 0 aromatic heterocycles. The van der Waals surface area contributed by atoms with Crippen molar-refractivity contribution in [2.75, 3.05) is 13.2 Å². The first-order valence-corrected chi connectivity index (χ1v) is 9.36. The van der Waals surface area contributed by atoms with Crippen molar-refractivity contribution >= 4 is 63.7 Å². The fourth-order valence-electron chi connectivity index (χ4n) is 1.66. The van der Waals surface area contributed by atoms with Gasteiger partial charge in [0.1, 0.15) is 0 Å². The quantitative estimate of drug-likeness (QED) is 0.202. The van der Waals surface area contributed by atoms with E-state index < -0.39 is 55.7 Å². The van der Waals surface area contributed by atoms with Gasteiger partial charge >= 0.3 is 24.7 Å². The number of rotatable bonds is 6. The molecular formula is C10H4Br4F14O. The van der Waals surface area contributed by atoms with E-state index in [9.17, 15) is 61.5 Å². The third kappa shape index (κ3) is 5.29. The molecule has 2 atom stereocenters. The third-order valence-electron chi connectivity index (χ3n) is 3.14. The largest absolute Gasteiger partial charge is 0.416 e. The summed E-state index contributed by atoms with van der Waals surface area (Å²) in [4.78, 5) is 0. The van der Waals surface area contributed by atoms with Crippen molar-refractivity contribution < 1.29 is 66.2 Å². The Morgan fingerprint density at radius 3 is 0.724 bits per heavy atom. The minimum Gasteiger partial charge on any atom is -0.373 e.